The number of fused-ring (bicyclic) bond motifs is 12. The molecule has 0 bridgehead atoms. The lowest BCUT2D eigenvalue weighted by Crippen LogP contribution is -2.06. The van der Waals surface area contributed by atoms with E-state index in [1.54, 1.807) is 6.20 Å². The van der Waals surface area contributed by atoms with Crippen molar-refractivity contribution >= 4 is 87.2 Å². The summed E-state index contributed by atoms with van der Waals surface area (Å²) in [5, 5.41) is 9.56. The van der Waals surface area contributed by atoms with Gasteiger partial charge in [0.25, 0.3) is 0 Å². The Morgan fingerprint density at radius 3 is 1.00 bits per heavy atom. The molecular weight excluding hydrogens is 783 g/mol. The molecule has 0 saturated heterocycles. The van der Waals surface area contributed by atoms with Gasteiger partial charge >= 0.3 is 0 Å². The van der Waals surface area contributed by atoms with Crippen molar-refractivity contribution < 1.29 is 0 Å². The minimum Gasteiger partial charge on any atom is -0.309 e. The summed E-state index contributed by atoms with van der Waals surface area (Å²) in [7, 11) is 0. The van der Waals surface area contributed by atoms with Crippen LogP contribution in [0, 0.1) is 0 Å². The Balaban J connectivity index is 1.01. The average molecular weight is 818 g/mol. The minimum absolute atomic E-state index is 0.598. The first-order valence-corrected chi connectivity index (χ1v) is 21.6. The Hall–Kier alpha value is -8.81. The van der Waals surface area contributed by atoms with Crippen molar-refractivity contribution in [2.45, 2.75) is 0 Å². The molecular formula is C57H35N7. The summed E-state index contributed by atoms with van der Waals surface area (Å²) in [5.74, 6) is 2.14. The molecule has 8 aromatic carbocycles. The molecule has 6 heterocycles. The van der Waals surface area contributed by atoms with Crippen LogP contribution in [0.2, 0.25) is 0 Å². The average Bonchev–Trinajstić information content (AvgIpc) is 4.09. The molecule has 7 heteroatoms. The number of para-hydroxylation sites is 6. The SMILES string of the molecule is c1cncc(-c2nc(-n3c4ccccc4c4cc(-n5c6ccccc6c6ccccc65)ccc43)cc(-n3c4ccccc4c4cc(-n5c6ccccc6c6ccccc65)ccc43)n2)c1. The van der Waals surface area contributed by atoms with Gasteiger partial charge in [-0.25, -0.2) is 9.97 Å². The number of aromatic nitrogens is 7. The van der Waals surface area contributed by atoms with Gasteiger partial charge in [-0.15, -0.1) is 0 Å². The fourth-order valence-electron chi connectivity index (χ4n) is 10.4. The Morgan fingerprint density at radius 1 is 0.281 bits per heavy atom. The standard InChI is InChI=1S/C57H35N7/c1-7-21-47-39(15-1)40-16-2-8-22-48(40)61(47)37-27-29-53-45(32-37)43-19-5-11-25-51(43)63(53)55-34-56(60-57(59-55)36-14-13-31-58-35-36)64-52-26-12-6-20-44(52)46-33-38(28-30-54(46)64)62-49-23-9-3-17-41(49)42-18-4-10-24-50(42)62/h1-35H. The van der Waals surface area contributed by atoms with Crippen molar-refractivity contribution in [3.8, 4) is 34.4 Å². The van der Waals surface area contributed by atoms with E-state index in [0.29, 0.717) is 5.82 Å². The van der Waals surface area contributed by atoms with E-state index < -0.39 is 0 Å². The molecule has 6 aromatic heterocycles. The van der Waals surface area contributed by atoms with Crippen molar-refractivity contribution in [1.82, 2.24) is 33.2 Å². The minimum atomic E-state index is 0.598. The largest absolute Gasteiger partial charge is 0.309 e. The normalized spacial score (nSPS) is 12.1. The molecule has 0 atom stereocenters. The van der Waals surface area contributed by atoms with Crippen LogP contribution in [0.15, 0.2) is 213 Å². The lowest BCUT2D eigenvalue weighted by atomic mass is 10.1. The predicted molar refractivity (Wildman–Crippen MR) is 263 cm³/mol. The van der Waals surface area contributed by atoms with Gasteiger partial charge in [-0.2, -0.15) is 0 Å². The Morgan fingerprint density at radius 2 is 0.625 bits per heavy atom. The van der Waals surface area contributed by atoms with Crippen LogP contribution >= 0.6 is 0 Å². The van der Waals surface area contributed by atoms with E-state index in [9.17, 15) is 0 Å². The third-order valence-corrected chi connectivity index (χ3v) is 13.1. The van der Waals surface area contributed by atoms with Crippen molar-refractivity contribution in [1.29, 1.82) is 0 Å². The van der Waals surface area contributed by atoms with Crippen molar-refractivity contribution in [3.05, 3.63) is 213 Å². The summed E-state index contributed by atoms with van der Waals surface area (Å²) in [6, 6.07) is 71.7. The molecule has 14 aromatic rings. The number of benzene rings is 8. The third kappa shape index (κ3) is 4.94. The van der Waals surface area contributed by atoms with Crippen molar-refractivity contribution in [2.24, 2.45) is 0 Å². The van der Waals surface area contributed by atoms with Crippen LogP contribution < -0.4 is 0 Å². The summed E-state index contributed by atoms with van der Waals surface area (Å²) < 4.78 is 9.35. The number of rotatable bonds is 5. The van der Waals surface area contributed by atoms with E-state index in [1.165, 1.54) is 43.6 Å². The third-order valence-electron chi connectivity index (χ3n) is 13.1. The highest BCUT2D eigenvalue weighted by atomic mass is 15.1. The molecule has 298 valence electrons. The van der Waals surface area contributed by atoms with Gasteiger partial charge in [-0.3, -0.25) is 14.1 Å². The number of pyridine rings is 1. The van der Waals surface area contributed by atoms with E-state index in [0.717, 1.165) is 72.2 Å². The van der Waals surface area contributed by atoms with Gasteiger partial charge in [0.1, 0.15) is 11.6 Å². The van der Waals surface area contributed by atoms with Crippen LogP contribution in [-0.4, -0.2) is 33.2 Å². The van der Waals surface area contributed by atoms with E-state index >= 15 is 0 Å². The molecule has 0 saturated carbocycles. The van der Waals surface area contributed by atoms with Gasteiger partial charge in [0, 0.05) is 78.5 Å². The monoisotopic (exact) mass is 817 g/mol. The second kappa shape index (κ2) is 13.3. The maximum atomic E-state index is 5.37. The van der Waals surface area contributed by atoms with E-state index in [1.807, 2.05) is 18.3 Å². The quantitative estimate of drug-likeness (QED) is 0.174. The van der Waals surface area contributed by atoms with Crippen LogP contribution in [0.4, 0.5) is 0 Å². The highest BCUT2D eigenvalue weighted by molar-refractivity contribution is 6.14. The molecule has 0 aliphatic carbocycles. The molecule has 0 fully saturated rings. The zero-order chi connectivity index (χ0) is 41.9. The molecule has 7 nitrogen and oxygen atoms in total. The molecule has 0 radical (unpaired) electrons. The maximum absolute atomic E-state index is 5.37. The van der Waals surface area contributed by atoms with Crippen molar-refractivity contribution in [3.63, 3.8) is 0 Å². The zero-order valence-corrected chi connectivity index (χ0v) is 34.3. The van der Waals surface area contributed by atoms with Gasteiger partial charge in [0.15, 0.2) is 5.82 Å². The number of nitrogens with zero attached hydrogens (tertiary/aromatic N) is 7. The van der Waals surface area contributed by atoms with Gasteiger partial charge in [0.2, 0.25) is 0 Å². The number of hydrogen-bond donors (Lipinski definition) is 0. The first-order valence-electron chi connectivity index (χ1n) is 21.6. The summed E-state index contributed by atoms with van der Waals surface area (Å²) in [5.41, 5.74) is 12.0. The molecule has 0 amide bonds. The van der Waals surface area contributed by atoms with E-state index in [2.05, 4.69) is 211 Å². The van der Waals surface area contributed by atoms with Crippen LogP contribution in [0.1, 0.15) is 0 Å². The number of hydrogen-bond acceptors (Lipinski definition) is 3. The van der Waals surface area contributed by atoms with Crippen LogP contribution in [0.25, 0.3) is 122 Å². The first kappa shape index (κ1) is 34.9. The lowest BCUT2D eigenvalue weighted by molar-refractivity contribution is 0.992. The Kier molecular flexibility index (Phi) is 7.27. The second-order valence-corrected chi connectivity index (χ2v) is 16.5. The van der Waals surface area contributed by atoms with Gasteiger partial charge in [-0.05, 0) is 84.9 Å². The van der Waals surface area contributed by atoms with Crippen LogP contribution in [0.5, 0.6) is 0 Å². The fraction of sp³-hybridized carbons (Fsp3) is 0. The summed E-state index contributed by atoms with van der Waals surface area (Å²) in [6.45, 7) is 0. The summed E-state index contributed by atoms with van der Waals surface area (Å²) in [4.78, 5) is 15.2. The van der Waals surface area contributed by atoms with Gasteiger partial charge in [-0.1, -0.05) is 109 Å². The summed E-state index contributed by atoms with van der Waals surface area (Å²) in [6.07, 6.45) is 3.63. The highest BCUT2D eigenvalue weighted by Gasteiger charge is 2.22. The van der Waals surface area contributed by atoms with Gasteiger partial charge in [0.05, 0.1) is 44.1 Å². The fourth-order valence-corrected chi connectivity index (χ4v) is 10.4. The zero-order valence-electron chi connectivity index (χ0n) is 34.3. The van der Waals surface area contributed by atoms with Crippen LogP contribution in [0.3, 0.4) is 0 Å². The van der Waals surface area contributed by atoms with E-state index in [-0.39, 0.29) is 0 Å². The highest BCUT2D eigenvalue weighted by Crippen LogP contribution is 2.40. The van der Waals surface area contributed by atoms with E-state index in [4.69, 9.17) is 9.97 Å². The molecule has 0 aliphatic rings. The molecule has 14 rings (SSSR count). The first-order chi connectivity index (χ1) is 31.8. The smallest absolute Gasteiger partial charge is 0.165 e. The molecule has 0 unspecified atom stereocenters. The molecule has 64 heavy (non-hydrogen) atoms. The Labute approximate surface area is 366 Å². The topological polar surface area (TPSA) is 58.4 Å². The second-order valence-electron chi connectivity index (χ2n) is 16.5. The Bertz CT molecular complexity index is 3850. The molecule has 0 aliphatic heterocycles. The van der Waals surface area contributed by atoms with Crippen LogP contribution in [-0.2, 0) is 0 Å². The molecule has 0 N–H and O–H groups in total. The summed E-state index contributed by atoms with van der Waals surface area (Å²) >= 11 is 0. The maximum Gasteiger partial charge on any atom is 0.165 e. The van der Waals surface area contributed by atoms with Gasteiger partial charge < -0.3 is 9.13 Å². The lowest BCUT2D eigenvalue weighted by Gasteiger charge is -2.14. The predicted octanol–water partition coefficient (Wildman–Crippen LogP) is 13.9. The van der Waals surface area contributed by atoms with Crippen molar-refractivity contribution in [2.75, 3.05) is 0 Å². The molecule has 0 spiro atoms.